The van der Waals surface area contributed by atoms with Gasteiger partial charge in [0.05, 0.1) is 12.1 Å². The highest BCUT2D eigenvalue weighted by molar-refractivity contribution is 6.30. The molecule has 1 atom stereocenters. The molecule has 1 aliphatic heterocycles. The van der Waals surface area contributed by atoms with Crippen LogP contribution in [0.25, 0.3) is 0 Å². The van der Waals surface area contributed by atoms with Gasteiger partial charge in [0.2, 0.25) is 11.8 Å². The Morgan fingerprint density at radius 3 is 2.68 bits per heavy atom. The van der Waals surface area contributed by atoms with Crippen molar-refractivity contribution in [3.63, 3.8) is 0 Å². The van der Waals surface area contributed by atoms with Gasteiger partial charge in [-0.15, -0.1) is 0 Å². The molecular weight excluding hydrogens is 340 g/mol. The minimum Gasteiger partial charge on any atom is -0.365 e. The lowest BCUT2D eigenvalue weighted by atomic mass is 9.91. The predicted octanol–water partition coefficient (Wildman–Crippen LogP) is 2.93. The third kappa shape index (κ3) is 4.73. The lowest BCUT2D eigenvalue weighted by molar-refractivity contribution is -0.146. The van der Waals surface area contributed by atoms with Crippen molar-refractivity contribution in [3.8, 4) is 0 Å². The molecule has 1 N–H and O–H groups in total. The first kappa shape index (κ1) is 18.2. The minimum absolute atomic E-state index is 0.0209. The number of amides is 2. The van der Waals surface area contributed by atoms with E-state index >= 15 is 0 Å². The number of ether oxygens (including phenoxy) is 1. The van der Waals surface area contributed by atoms with Crippen LogP contribution >= 0.6 is 11.6 Å². The molecule has 1 aliphatic carbocycles. The Balaban J connectivity index is 1.55. The van der Waals surface area contributed by atoms with Crippen LogP contribution in [0.5, 0.6) is 0 Å². The fraction of sp³-hybridized carbons (Fsp3) is 0.579. The van der Waals surface area contributed by atoms with Gasteiger partial charge in [0.1, 0.15) is 6.61 Å². The second-order valence-electron chi connectivity index (χ2n) is 7.00. The average molecular weight is 365 g/mol. The summed E-state index contributed by atoms with van der Waals surface area (Å²) in [5.41, 5.74) is 1.05. The Morgan fingerprint density at radius 1 is 1.32 bits per heavy atom. The maximum Gasteiger partial charge on any atom is 0.246 e. The molecule has 2 aliphatic rings. The van der Waals surface area contributed by atoms with E-state index in [0.717, 1.165) is 18.4 Å². The van der Waals surface area contributed by atoms with E-state index in [1.54, 1.807) is 11.8 Å². The highest BCUT2D eigenvalue weighted by Gasteiger charge is 2.31. The molecule has 0 bridgehead atoms. The number of nitrogens with one attached hydrogen (secondary N) is 1. The summed E-state index contributed by atoms with van der Waals surface area (Å²) in [6.07, 6.45) is 4.61. The molecule has 3 rings (SSSR count). The van der Waals surface area contributed by atoms with Gasteiger partial charge in [-0.3, -0.25) is 9.59 Å². The van der Waals surface area contributed by atoms with Gasteiger partial charge in [-0.1, -0.05) is 36.6 Å². The summed E-state index contributed by atoms with van der Waals surface area (Å²) in [6, 6.07) is 7.70. The number of rotatable bonds is 6. The maximum absolute atomic E-state index is 12.4. The van der Waals surface area contributed by atoms with E-state index in [1.165, 1.54) is 12.8 Å². The smallest absolute Gasteiger partial charge is 0.246 e. The van der Waals surface area contributed by atoms with Gasteiger partial charge in [-0.05, 0) is 36.5 Å². The van der Waals surface area contributed by atoms with Crippen LogP contribution in [0.4, 0.5) is 0 Å². The van der Waals surface area contributed by atoms with Crippen molar-refractivity contribution in [2.75, 3.05) is 19.7 Å². The minimum atomic E-state index is -0.113. The number of carbonyl (C=O) groups excluding carboxylic acids is 2. The number of hydrogen-bond donors (Lipinski definition) is 1. The zero-order valence-corrected chi connectivity index (χ0v) is 15.3. The van der Waals surface area contributed by atoms with Crippen molar-refractivity contribution in [3.05, 3.63) is 34.9 Å². The molecule has 2 amide bonds. The van der Waals surface area contributed by atoms with E-state index in [2.05, 4.69) is 5.32 Å². The van der Waals surface area contributed by atoms with E-state index < -0.39 is 0 Å². The first-order chi connectivity index (χ1) is 12.0. The van der Waals surface area contributed by atoms with Crippen LogP contribution in [0, 0.1) is 5.92 Å². The van der Waals surface area contributed by atoms with Crippen LogP contribution in [0.3, 0.4) is 0 Å². The van der Waals surface area contributed by atoms with Gasteiger partial charge in [0.15, 0.2) is 0 Å². The van der Waals surface area contributed by atoms with Gasteiger partial charge in [-0.2, -0.15) is 0 Å². The van der Waals surface area contributed by atoms with Crippen molar-refractivity contribution in [2.24, 2.45) is 5.92 Å². The van der Waals surface area contributed by atoms with Crippen molar-refractivity contribution in [1.82, 2.24) is 10.2 Å². The Hall–Kier alpha value is -1.59. The third-order valence-corrected chi connectivity index (χ3v) is 5.37. The summed E-state index contributed by atoms with van der Waals surface area (Å²) in [5.74, 6) is 0.379. The van der Waals surface area contributed by atoms with Crippen molar-refractivity contribution >= 4 is 23.4 Å². The van der Waals surface area contributed by atoms with Crippen LogP contribution < -0.4 is 5.32 Å². The normalized spacial score (nSPS) is 19.5. The fourth-order valence-electron chi connectivity index (χ4n) is 3.67. The SMILES string of the molecule is CC(=O)N1CC(OCC(=O)N[C@H](c2cccc(Cl)c2)C2CCCC2)C1. The summed E-state index contributed by atoms with van der Waals surface area (Å²) < 4.78 is 5.61. The van der Waals surface area contributed by atoms with Crippen molar-refractivity contribution in [2.45, 2.75) is 44.8 Å². The first-order valence-corrected chi connectivity index (χ1v) is 9.32. The van der Waals surface area contributed by atoms with E-state index in [1.807, 2.05) is 24.3 Å². The Labute approximate surface area is 153 Å². The van der Waals surface area contributed by atoms with E-state index in [4.69, 9.17) is 16.3 Å². The van der Waals surface area contributed by atoms with Crippen LogP contribution in [-0.2, 0) is 14.3 Å². The van der Waals surface area contributed by atoms with E-state index in [9.17, 15) is 9.59 Å². The molecule has 1 saturated heterocycles. The average Bonchev–Trinajstić information content (AvgIpc) is 3.04. The molecule has 6 heteroatoms. The molecule has 1 aromatic rings. The number of hydrogen-bond acceptors (Lipinski definition) is 3. The molecule has 136 valence electrons. The number of nitrogens with zero attached hydrogens (tertiary/aromatic N) is 1. The molecule has 0 radical (unpaired) electrons. The quantitative estimate of drug-likeness (QED) is 0.844. The van der Waals surface area contributed by atoms with Crippen LogP contribution in [0.15, 0.2) is 24.3 Å². The predicted molar refractivity (Wildman–Crippen MR) is 96.3 cm³/mol. The fourth-order valence-corrected chi connectivity index (χ4v) is 3.87. The summed E-state index contributed by atoms with van der Waals surface area (Å²) in [6.45, 7) is 2.71. The zero-order valence-electron chi connectivity index (χ0n) is 14.5. The van der Waals surface area contributed by atoms with Crippen molar-refractivity contribution < 1.29 is 14.3 Å². The van der Waals surface area contributed by atoms with Gasteiger partial charge < -0.3 is 15.0 Å². The Kier molecular flexibility index (Phi) is 5.97. The second kappa shape index (κ2) is 8.19. The number of benzene rings is 1. The monoisotopic (exact) mass is 364 g/mol. The zero-order chi connectivity index (χ0) is 17.8. The highest BCUT2D eigenvalue weighted by atomic mass is 35.5. The molecular formula is C19H25ClN2O3. The molecule has 5 nitrogen and oxygen atoms in total. The molecule has 1 saturated carbocycles. The Bertz CT molecular complexity index is 625. The number of halogens is 1. The van der Waals surface area contributed by atoms with Gasteiger partial charge in [0, 0.05) is 25.0 Å². The lowest BCUT2D eigenvalue weighted by Gasteiger charge is -2.38. The summed E-state index contributed by atoms with van der Waals surface area (Å²) >= 11 is 6.13. The van der Waals surface area contributed by atoms with Gasteiger partial charge in [-0.25, -0.2) is 0 Å². The highest BCUT2D eigenvalue weighted by Crippen LogP contribution is 2.36. The molecule has 0 aromatic heterocycles. The van der Waals surface area contributed by atoms with Crippen LogP contribution in [0.2, 0.25) is 5.02 Å². The third-order valence-electron chi connectivity index (χ3n) is 5.14. The first-order valence-electron chi connectivity index (χ1n) is 8.95. The summed E-state index contributed by atoms with van der Waals surface area (Å²) in [4.78, 5) is 25.2. The standard InChI is InChI=1S/C19H25ClN2O3/c1-13(23)22-10-17(11-22)25-12-18(24)21-19(14-5-2-3-6-14)15-7-4-8-16(20)9-15/h4,7-9,14,17,19H,2-3,5-6,10-12H2,1H3,(H,21,24)/t19-/m0/s1. The van der Waals surface area contributed by atoms with E-state index in [-0.39, 0.29) is 30.6 Å². The molecule has 1 heterocycles. The van der Waals surface area contributed by atoms with Crippen LogP contribution in [0.1, 0.15) is 44.2 Å². The molecule has 0 unspecified atom stereocenters. The van der Waals surface area contributed by atoms with Crippen molar-refractivity contribution in [1.29, 1.82) is 0 Å². The topological polar surface area (TPSA) is 58.6 Å². The van der Waals surface area contributed by atoms with Gasteiger partial charge >= 0.3 is 0 Å². The lowest BCUT2D eigenvalue weighted by Crippen LogP contribution is -2.54. The number of carbonyl (C=O) groups is 2. The van der Waals surface area contributed by atoms with E-state index in [0.29, 0.717) is 24.0 Å². The summed E-state index contributed by atoms with van der Waals surface area (Å²) in [5, 5.41) is 3.82. The molecule has 0 spiro atoms. The Morgan fingerprint density at radius 2 is 2.04 bits per heavy atom. The molecule has 25 heavy (non-hydrogen) atoms. The number of likely N-dealkylation sites (tertiary alicyclic amines) is 1. The largest absolute Gasteiger partial charge is 0.365 e. The van der Waals surface area contributed by atoms with Gasteiger partial charge in [0.25, 0.3) is 0 Å². The maximum atomic E-state index is 12.4. The summed E-state index contributed by atoms with van der Waals surface area (Å²) in [7, 11) is 0. The molecule has 2 fully saturated rings. The second-order valence-corrected chi connectivity index (χ2v) is 7.44. The molecule has 1 aromatic carbocycles. The van der Waals surface area contributed by atoms with Crippen LogP contribution in [-0.4, -0.2) is 42.5 Å².